The van der Waals surface area contributed by atoms with E-state index in [-0.39, 0.29) is 23.7 Å². The Balaban J connectivity index is 1.84. The summed E-state index contributed by atoms with van der Waals surface area (Å²) in [6.07, 6.45) is -5.15. The molecule has 0 radical (unpaired) electrons. The van der Waals surface area contributed by atoms with Crippen LogP contribution in [-0.2, 0) is 4.79 Å². The highest BCUT2D eigenvalue weighted by molar-refractivity contribution is 5.91. The summed E-state index contributed by atoms with van der Waals surface area (Å²) < 4.78 is 72.2. The predicted molar refractivity (Wildman–Crippen MR) is 100 cm³/mol. The number of esters is 1. The van der Waals surface area contributed by atoms with Crippen molar-refractivity contribution in [1.29, 1.82) is 0 Å². The second-order valence-electron chi connectivity index (χ2n) is 6.31. The molecule has 0 atom stereocenters. The molecule has 0 aliphatic rings. The van der Waals surface area contributed by atoms with Crippen LogP contribution in [0.4, 0.5) is 22.0 Å². The lowest BCUT2D eigenvalue weighted by Crippen LogP contribution is -2.36. The van der Waals surface area contributed by atoms with Gasteiger partial charge in [-0.15, -0.1) is 0 Å². The van der Waals surface area contributed by atoms with Crippen molar-refractivity contribution in [3.8, 4) is 11.5 Å². The van der Waals surface area contributed by atoms with E-state index in [2.05, 4.69) is 0 Å². The van der Waals surface area contributed by atoms with Crippen molar-refractivity contribution in [2.45, 2.75) is 24.9 Å². The first-order valence-corrected chi connectivity index (χ1v) is 8.88. The van der Waals surface area contributed by atoms with Crippen molar-refractivity contribution in [3.05, 3.63) is 65.7 Å². The summed E-state index contributed by atoms with van der Waals surface area (Å²) in [5.41, 5.74) is 0.752. The van der Waals surface area contributed by atoms with E-state index in [1.165, 1.54) is 42.5 Å². The van der Waals surface area contributed by atoms with Crippen LogP contribution in [0.1, 0.15) is 28.8 Å². The molecule has 0 saturated carbocycles. The molecule has 0 aromatic heterocycles. The smallest absolute Gasteiger partial charge is 0.453 e. The summed E-state index contributed by atoms with van der Waals surface area (Å²) in [5.74, 6) is -6.13. The Labute approximate surface area is 173 Å². The van der Waals surface area contributed by atoms with Crippen LogP contribution in [0.15, 0.2) is 54.6 Å². The normalized spacial score (nSPS) is 12.0. The Bertz CT molecular complexity index is 919. The number of hydrogen-bond donors (Lipinski definition) is 1. The standard InChI is InChI=1S/C21H17F5O5/c22-20(23,21(24,25)26)12-1-13-30-16-9-5-15(6-10-16)19(29)31-17-7-2-14(3-8-17)4-11-18(27)28/h2-11H,1,12-13H2,(H,27,28)/b11-4+. The van der Waals surface area contributed by atoms with E-state index in [0.717, 1.165) is 6.08 Å². The van der Waals surface area contributed by atoms with E-state index < -0.39 is 36.9 Å². The van der Waals surface area contributed by atoms with Crippen LogP contribution >= 0.6 is 0 Å². The number of carboxylic acids is 1. The molecule has 2 aromatic carbocycles. The van der Waals surface area contributed by atoms with E-state index >= 15 is 0 Å². The molecule has 0 aliphatic heterocycles. The van der Waals surface area contributed by atoms with Crippen LogP contribution in [0, 0.1) is 0 Å². The lowest BCUT2D eigenvalue weighted by molar-refractivity contribution is -0.284. The number of rotatable bonds is 9. The second kappa shape index (κ2) is 10.1. The number of carbonyl (C=O) groups excluding carboxylic acids is 1. The van der Waals surface area contributed by atoms with Crippen LogP contribution < -0.4 is 9.47 Å². The molecule has 0 bridgehead atoms. The SMILES string of the molecule is O=C(O)/C=C/c1ccc(OC(=O)c2ccc(OCCCC(F)(F)C(F)(F)F)cc2)cc1. The molecule has 10 heteroatoms. The first-order valence-electron chi connectivity index (χ1n) is 8.88. The zero-order valence-corrected chi connectivity index (χ0v) is 15.9. The van der Waals surface area contributed by atoms with Crippen LogP contribution in [0.5, 0.6) is 11.5 Å². The first-order chi connectivity index (χ1) is 14.5. The molecular weight excluding hydrogens is 427 g/mol. The van der Waals surface area contributed by atoms with E-state index in [1.807, 2.05) is 0 Å². The summed E-state index contributed by atoms with van der Waals surface area (Å²) in [5, 5.41) is 8.58. The molecule has 2 aromatic rings. The zero-order valence-electron chi connectivity index (χ0n) is 15.9. The van der Waals surface area contributed by atoms with Gasteiger partial charge in [-0.1, -0.05) is 12.1 Å². The number of halogens is 5. The molecule has 0 fully saturated rings. The van der Waals surface area contributed by atoms with Gasteiger partial charge in [0.2, 0.25) is 0 Å². The predicted octanol–water partition coefficient (Wildman–Crippen LogP) is 5.36. The van der Waals surface area contributed by atoms with Gasteiger partial charge in [0.15, 0.2) is 0 Å². The van der Waals surface area contributed by atoms with Crippen molar-refractivity contribution in [2.24, 2.45) is 0 Å². The van der Waals surface area contributed by atoms with E-state index in [1.54, 1.807) is 12.1 Å². The average Bonchev–Trinajstić information content (AvgIpc) is 2.70. The van der Waals surface area contributed by atoms with Gasteiger partial charge in [0.1, 0.15) is 11.5 Å². The van der Waals surface area contributed by atoms with Crippen molar-refractivity contribution >= 4 is 18.0 Å². The van der Waals surface area contributed by atoms with Gasteiger partial charge in [-0.05, 0) is 54.5 Å². The fraction of sp³-hybridized carbons (Fsp3) is 0.238. The van der Waals surface area contributed by atoms with E-state index in [4.69, 9.17) is 14.6 Å². The molecule has 0 unspecified atom stereocenters. The van der Waals surface area contributed by atoms with E-state index in [0.29, 0.717) is 5.56 Å². The van der Waals surface area contributed by atoms with Gasteiger partial charge < -0.3 is 14.6 Å². The number of aliphatic carboxylic acids is 1. The molecule has 0 aliphatic carbocycles. The molecule has 0 amide bonds. The minimum atomic E-state index is -5.59. The Hall–Kier alpha value is -3.43. The monoisotopic (exact) mass is 444 g/mol. The molecule has 2 rings (SSSR count). The molecule has 166 valence electrons. The summed E-state index contributed by atoms with van der Waals surface area (Å²) in [7, 11) is 0. The maximum Gasteiger partial charge on any atom is 0.453 e. The van der Waals surface area contributed by atoms with Gasteiger partial charge in [0.05, 0.1) is 12.2 Å². The van der Waals surface area contributed by atoms with Crippen LogP contribution in [0.2, 0.25) is 0 Å². The van der Waals surface area contributed by atoms with Gasteiger partial charge in [-0.2, -0.15) is 22.0 Å². The van der Waals surface area contributed by atoms with Gasteiger partial charge in [0.25, 0.3) is 0 Å². The summed E-state index contributed by atoms with van der Waals surface area (Å²) >= 11 is 0. The maximum absolute atomic E-state index is 12.8. The Morgan fingerprint density at radius 2 is 1.48 bits per heavy atom. The Kier molecular flexibility index (Phi) is 7.73. The number of benzene rings is 2. The van der Waals surface area contributed by atoms with Gasteiger partial charge in [-0.25, -0.2) is 9.59 Å². The molecule has 0 spiro atoms. The Morgan fingerprint density at radius 1 is 0.903 bits per heavy atom. The van der Waals surface area contributed by atoms with Crippen molar-refractivity contribution in [1.82, 2.24) is 0 Å². The van der Waals surface area contributed by atoms with Crippen LogP contribution in [-0.4, -0.2) is 35.8 Å². The minimum Gasteiger partial charge on any atom is -0.494 e. The Morgan fingerprint density at radius 3 is 2.03 bits per heavy atom. The van der Waals surface area contributed by atoms with Gasteiger partial charge >= 0.3 is 24.0 Å². The molecule has 5 nitrogen and oxygen atoms in total. The average molecular weight is 444 g/mol. The van der Waals surface area contributed by atoms with Gasteiger partial charge in [0, 0.05) is 12.5 Å². The summed E-state index contributed by atoms with van der Waals surface area (Å²) in [6.45, 7) is -0.349. The topological polar surface area (TPSA) is 72.8 Å². The first kappa shape index (κ1) is 23.8. The third-order valence-corrected chi connectivity index (χ3v) is 3.92. The molecular formula is C21H17F5O5. The highest BCUT2D eigenvalue weighted by atomic mass is 19.4. The number of hydrogen-bond acceptors (Lipinski definition) is 4. The molecule has 31 heavy (non-hydrogen) atoms. The van der Waals surface area contributed by atoms with Crippen LogP contribution in [0.3, 0.4) is 0 Å². The van der Waals surface area contributed by atoms with Crippen molar-refractivity contribution in [3.63, 3.8) is 0 Å². The highest BCUT2D eigenvalue weighted by Crippen LogP contribution is 2.38. The molecule has 0 heterocycles. The number of carboxylic acid groups (broad SMARTS) is 1. The minimum absolute atomic E-state index is 0.158. The largest absolute Gasteiger partial charge is 0.494 e. The lowest BCUT2D eigenvalue weighted by atomic mass is 10.2. The van der Waals surface area contributed by atoms with Crippen molar-refractivity contribution in [2.75, 3.05) is 6.61 Å². The number of carbonyl (C=O) groups is 2. The summed E-state index contributed by atoms with van der Waals surface area (Å²) in [6, 6.07) is 11.5. The third-order valence-electron chi connectivity index (χ3n) is 3.92. The third kappa shape index (κ3) is 7.40. The number of ether oxygens (including phenoxy) is 2. The highest BCUT2D eigenvalue weighted by Gasteiger charge is 2.56. The van der Waals surface area contributed by atoms with Gasteiger partial charge in [-0.3, -0.25) is 0 Å². The van der Waals surface area contributed by atoms with Crippen LogP contribution in [0.25, 0.3) is 6.08 Å². The zero-order chi connectivity index (χ0) is 23.1. The van der Waals surface area contributed by atoms with Crippen molar-refractivity contribution < 1.29 is 46.1 Å². The quantitative estimate of drug-likeness (QED) is 0.185. The van der Waals surface area contributed by atoms with E-state index in [9.17, 15) is 31.5 Å². The number of alkyl halides is 5. The molecule has 1 N–H and O–H groups in total. The maximum atomic E-state index is 12.8. The fourth-order valence-corrected chi connectivity index (χ4v) is 2.29. The summed E-state index contributed by atoms with van der Waals surface area (Å²) in [4.78, 5) is 22.6. The molecule has 0 saturated heterocycles. The lowest BCUT2D eigenvalue weighted by Gasteiger charge is -2.19. The second-order valence-corrected chi connectivity index (χ2v) is 6.31. The fourth-order valence-electron chi connectivity index (χ4n) is 2.29.